The molecule has 1 heterocycles. The highest BCUT2D eigenvalue weighted by atomic mass is 35.5. The van der Waals surface area contributed by atoms with Crippen molar-refractivity contribution in [3.8, 4) is 0 Å². The van der Waals surface area contributed by atoms with Crippen molar-refractivity contribution in [3.05, 3.63) is 56.7 Å². The number of amides is 1. The average molecular weight is 480 g/mol. The number of halogens is 2. The fourth-order valence-electron chi connectivity index (χ4n) is 3.43. The van der Waals surface area contributed by atoms with Crippen LogP contribution >= 0.6 is 22.9 Å². The van der Waals surface area contributed by atoms with Crippen LogP contribution in [0.3, 0.4) is 0 Å². The first kappa shape index (κ1) is 23.9. The predicted octanol–water partition coefficient (Wildman–Crippen LogP) is 5.04. The van der Waals surface area contributed by atoms with Crippen molar-refractivity contribution in [2.45, 2.75) is 33.1 Å². The monoisotopic (exact) mass is 479 g/mol. The number of nitrogens with one attached hydrogen (secondary N) is 1. The van der Waals surface area contributed by atoms with E-state index in [1.807, 2.05) is 0 Å². The van der Waals surface area contributed by atoms with Crippen molar-refractivity contribution in [1.82, 2.24) is 0 Å². The quantitative estimate of drug-likeness (QED) is 0.444. The number of rotatable bonds is 7. The molecule has 0 fully saturated rings. The molecule has 2 aromatic rings. The zero-order chi connectivity index (χ0) is 23.3. The molecule has 0 spiro atoms. The summed E-state index contributed by atoms with van der Waals surface area (Å²) in [5.74, 6) is -1.98. The first-order chi connectivity index (χ1) is 15.3. The summed E-state index contributed by atoms with van der Waals surface area (Å²) in [6.07, 6.45) is 4.72. The number of hydrogen-bond donors (Lipinski definition) is 1. The van der Waals surface area contributed by atoms with Crippen LogP contribution < -0.4 is 5.32 Å². The van der Waals surface area contributed by atoms with Crippen LogP contribution in [-0.4, -0.2) is 31.1 Å². The maximum atomic E-state index is 13.7. The summed E-state index contributed by atoms with van der Waals surface area (Å²) in [6.45, 7) is 3.53. The molecule has 9 heteroatoms. The molecule has 3 rings (SSSR count). The summed E-state index contributed by atoms with van der Waals surface area (Å²) in [5, 5.41) is 3.21. The van der Waals surface area contributed by atoms with Gasteiger partial charge in [0.15, 0.2) is 6.61 Å². The summed E-state index contributed by atoms with van der Waals surface area (Å²) < 4.78 is 23.9. The van der Waals surface area contributed by atoms with Crippen LogP contribution in [0.25, 0.3) is 6.08 Å². The first-order valence-electron chi connectivity index (χ1n) is 10.2. The van der Waals surface area contributed by atoms with Crippen LogP contribution in [0, 0.1) is 11.7 Å². The van der Waals surface area contributed by atoms with E-state index in [2.05, 4.69) is 12.2 Å². The van der Waals surface area contributed by atoms with Gasteiger partial charge in [-0.2, -0.15) is 0 Å². The zero-order valence-corrected chi connectivity index (χ0v) is 19.3. The molecule has 0 aliphatic heterocycles. The van der Waals surface area contributed by atoms with Gasteiger partial charge in [0, 0.05) is 16.5 Å². The summed E-state index contributed by atoms with van der Waals surface area (Å²) >= 11 is 7.25. The Morgan fingerprint density at radius 3 is 2.81 bits per heavy atom. The van der Waals surface area contributed by atoms with Crippen molar-refractivity contribution in [2.24, 2.45) is 5.92 Å². The van der Waals surface area contributed by atoms with Crippen molar-refractivity contribution >= 4 is 51.9 Å². The normalized spacial score (nSPS) is 15.3. The third-order valence-corrected chi connectivity index (χ3v) is 6.47. The van der Waals surface area contributed by atoms with E-state index in [0.29, 0.717) is 16.5 Å². The molecular formula is C23H23ClFNO5S. The van der Waals surface area contributed by atoms with Gasteiger partial charge in [0.1, 0.15) is 10.8 Å². The molecular weight excluding hydrogens is 457 g/mol. The van der Waals surface area contributed by atoms with Crippen molar-refractivity contribution in [1.29, 1.82) is 0 Å². The molecule has 32 heavy (non-hydrogen) atoms. The third-order valence-electron chi connectivity index (χ3n) is 4.98. The predicted molar refractivity (Wildman–Crippen MR) is 121 cm³/mol. The number of anilines is 1. The minimum absolute atomic E-state index is 0.0491. The van der Waals surface area contributed by atoms with Crippen LogP contribution in [0.5, 0.6) is 0 Å². The Balaban J connectivity index is 1.65. The third kappa shape index (κ3) is 5.75. The topological polar surface area (TPSA) is 81.7 Å². The zero-order valence-electron chi connectivity index (χ0n) is 17.7. The van der Waals surface area contributed by atoms with Crippen LogP contribution in [0.1, 0.15) is 46.6 Å². The second-order valence-electron chi connectivity index (χ2n) is 7.40. The molecule has 0 radical (unpaired) electrons. The largest absolute Gasteiger partial charge is 0.462 e. The molecule has 0 bridgehead atoms. The number of ether oxygens (including phenoxy) is 2. The first-order valence-corrected chi connectivity index (χ1v) is 11.4. The number of esters is 2. The standard InChI is InChI=1S/C23H23ClFNO5S/c1-3-30-23(29)21-15-8-7-13(2)11-18(15)32-22(21)26-19(27)12-31-20(28)10-9-14-16(24)5-4-6-17(14)25/h4-6,9-10,13H,3,7-8,11-12H2,1-2H3,(H,26,27). The van der Waals surface area contributed by atoms with Gasteiger partial charge < -0.3 is 14.8 Å². The fraction of sp³-hybridized carbons (Fsp3) is 0.348. The van der Waals surface area contributed by atoms with E-state index < -0.39 is 30.3 Å². The highest BCUT2D eigenvalue weighted by molar-refractivity contribution is 7.17. The van der Waals surface area contributed by atoms with Gasteiger partial charge in [-0.15, -0.1) is 11.3 Å². The van der Waals surface area contributed by atoms with E-state index in [9.17, 15) is 18.8 Å². The molecule has 1 unspecified atom stereocenters. The van der Waals surface area contributed by atoms with Crippen LogP contribution in [-0.2, 0) is 31.9 Å². The Labute approximate surface area is 194 Å². The van der Waals surface area contributed by atoms with Gasteiger partial charge in [-0.3, -0.25) is 4.79 Å². The number of thiophene rings is 1. The average Bonchev–Trinajstić information content (AvgIpc) is 3.08. The lowest BCUT2D eigenvalue weighted by Crippen LogP contribution is -2.21. The van der Waals surface area contributed by atoms with Crippen LogP contribution in [0.2, 0.25) is 5.02 Å². The van der Waals surface area contributed by atoms with Gasteiger partial charge in [-0.05, 0) is 55.9 Å². The Kier molecular flexibility index (Phi) is 8.04. The lowest BCUT2D eigenvalue weighted by atomic mass is 9.88. The molecule has 1 amide bonds. The number of benzene rings is 1. The van der Waals surface area contributed by atoms with Crippen LogP contribution in [0.4, 0.5) is 9.39 Å². The Hall–Kier alpha value is -2.71. The molecule has 1 aliphatic carbocycles. The molecule has 1 N–H and O–H groups in total. The Morgan fingerprint density at radius 1 is 1.31 bits per heavy atom. The molecule has 1 aromatic carbocycles. The maximum Gasteiger partial charge on any atom is 0.341 e. The van der Waals surface area contributed by atoms with Gasteiger partial charge in [0.05, 0.1) is 17.2 Å². The van der Waals surface area contributed by atoms with Gasteiger partial charge in [0.25, 0.3) is 5.91 Å². The van der Waals surface area contributed by atoms with Crippen molar-refractivity contribution < 1.29 is 28.2 Å². The van der Waals surface area contributed by atoms with Crippen LogP contribution in [0.15, 0.2) is 24.3 Å². The number of carbonyl (C=O) groups excluding carboxylic acids is 3. The molecule has 0 saturated heterocycles. The minimum atomic E-state index is -0.829. The second-order valence-corrected chi connectivity index (χ2v) is 8.91. The lowest BCUT2D eigenvalue weighted by Gasteiger charge is -2.18. The van der Waals surface area contributed by atoms with E-state index >= 15 is 0 Å². The van der Waals surface area contributed by atoms with Gasteiger partial charge in [0.2, 0.25) is 0 Å². The lowest BCUT2D eigenvalue weighted by molar-refractivity contribution is -0.142. The number of hydrogen-bond acceptors (Lipinski definition) is 6. The molecule has 1 atom stereocenters. The minimum Gasteiger partial charge on any atom is -0.462 e. The van der Waals surface area contributed by atoms with Gasteiger partial charge >= 0.3 is 11.9 Å². The van der Waals surface area contributed by atoms with Gasteiger partial charge in [-0.1, -0.05) is 24.6 Å². The summed E-state index contributed by atoms with van der Waals surface area (Å²) in [5.41, 5.74) is 1.35. The molecule has 1 aliphatic rings. The number of carbonyl (C=O) groups is 3. The molecule has 0 saturated carbocycles. The highest BCUT2D eigenvalue weighted by Crippen LogP contribution is 2.40. The van der Waals surface area contributed by atoms with E-state index in [4.69, 9.17) is 21.1 Å². The summed E-state index contributed by atoms with van der Waals surface area (Å²) in [7, 11) is 0. The SMILES string of the molecule is CCOC(=O)c1c(NC(=O)COC(=O)C=Cc2c(F)cccc2Cl)sc2c1CCC(C)C2. The van der Waals surface area contributed by atoms with E-state index in [-0.39, 0.29) is 17.2 Å². The molecule has 170 valence electrons. The summed E-state index contributed by atoms with van der Waals surface area (Å²) in [4.78, 5) is 37.9. The van der Waals surface area contributed by atoms with E-state index in [1.54, 1.807) is 6.92 Å². The van der Waals surface area contributed by atoms with E-state index in [0.717, 1.165) is 35.8 Å². The van der Waals surface area contributed by atoms with Crippen molar-refractivity contribution in [3.63, 3.8) is 0 Å². The van der Waals surface area contributed by atoms with Crippen molar-refractivity contribution in [2.75, 3.05) is 18.5 Å². The smallest absolute Gasteiger partial charge is 0.341 e. The highest BCUT2D eigenvalue weighted by Gasteiger charge is 2.29. The Bertz CT molecular complexity index is 1040. The number of fused-ring (bicyclic) bond motifs is 1. The molecule has 6 nitrogen and oxygen atoms in total. The molecule has 1 aromatic heterocycles. The fourth-order valence-corrected chi connectivity index (χ4v) is 5.07. The Morgan fingerprint density at radius 2 is 2.09 bits per heavy atom. The van der Waals surface area contributed by atoms with E-state index in [1.165, 1.54) is 35.6 Å². The second kappa shape index (κ2) is 10.7. The van der Waals surface area contributed by atoms with Gasteiger partial charge in [-0.25, -0.2) is 14.0 Å². The maximum absolute atomic E-state index is 13.7. The summed E-state index contributed by atoms with van der Waals surface area (Å²) in [6, 6.07) is 4.16.